The number of carbonyl (C=O) groups is 3. The van der Waals surface area contributed by atoms with Gasteiger partial charge < -0.3 is 19.5 Å². The van der Waals surface area contributed by atoms with E-state index in [0.29, 0.717) is 47.6 Å². The number of benzene rings is 2. The van der Waals surface area contributed by atoms with Crippen LogP contribution in [0.1, 0.15) is 15.9 Å². The van der Waals surface area contributed by atoms with Crippen LogP contribution in [0.2, 0.25) is 0 Å². The average molecular weight is 473 g/mol. The van der Waals surface area contributed by atoms with E-state index in [2.05, 4.69) is 15.9 Å². The largest absolute Gasteiger partial charge is 0.507 e. The summed E-state index contributed by atoms with van der Waals surface area (Å²) in [5.74, 6) is -0.818. The molecule has 0 aromatic heterocycles. The highest BCUT2D eigenvalue weighted by molar-refractivity contribution is 9.10. The Hall–Kier alpha value is -3.17. The van der Waals surface area contributed by atoms with Gasteiger partial charge in [-0.25, -0.2) is 9.69 Å². The lowest BCUT2D eigenvalue weighted by molar-refractivity contribution is -0.114. The fourth-order valence-electron chi connectivity index (χ4n) is 3.16. The molecule has 8 nitrogen and oxygen atoms in total. The summed E-state index contributed by atoms with van der Waals surface area (Å²) in [5.41, 5.74) is 1.34. The lowest BCUT2D eigenvalue weighted by Crippen LogP contribution is -2.40. The number of hydrogen-bond donors (Lipinski definition) is 1. The van der Waals surface area contributed by atoms with Gasteiger partial charge in [0.1, 0.15) is 5.75 Å². The number of ether oxygens (including phenoxy) is 2. The molecular formula is C21H17BrN2O6. The van der Waals surface area contributed by atoms with Crippen molar-refractivity contribution in [2.45, 2.75) is 0 Å². The number of phenols is 1. The normalized spacial score (nSPS) is 18.1. The van der Waals surface area contributed by atoms with E-state index in [9.17, 15) is 19.5 Å². The minimum Gasteiger partial charge on any atom is -0.507 e. The first kappa shape index (κ1) is 20.1. The van der Waals surface area contributed by atoms with Crippen molar-refractivity contribution < 1.29 is 29.0 Å². The maximum absolute atomic E-state index is 12.7. The summed E-state index contributed by atoms with van der Waals surface area (Å²) >= 11 is 3.20. The first-order valence-electron chi connectivity index (χ1n) is 9.17. The third-order valence-electron chi connectivity index (χ3n) is 4.73. The molecule has 2 aliphatic heterocycles. The Balaban J connectivity index is 1.53. The Labute approximate surface area is 180 Å². The van der Waals surface area contributed by atoms with Crippen LogP contribution in [0.3, 0.4) is 0 Å². The molecular weight excluding hydrogens is 456 g/mol. The summed E-state index contributed by atoms with van der Waals surface area (Å²) in [6.45, 7) is 2.06. The molecule has 0 unspecified atom stereocenters. The van der Waals surface area contributed by atoms with Gasteiger partial charge >= 0.3 is 12.0 Å². The quantitative estimate of drug-likeness (QED) is 0.689. The molecule has 2 aromatic carbocycles. The van der Waals surface area contributed by atoms with Crippen LogP contribution in [-0.4, -0.2) is 54.2 Å². The summed E-state index contributed by atoms with van der Waals surface area (Å²) in [6, 6.07) is 10.9. The Kier molecular flexibility index (Phi) is 5.56. The van der Waals surface area contributed by atoms with Gasteiger partial charge in [-0.15, -0.1) is 0 Å². The number of anilines is 1. The molecule has 154 valence electrons. The summed E-state index contributed by atoms with van der Waals surface area (Å²) in [4.78, 5) is 40.1. The Morgan fingerprint density at radius 1 is 1.07 bits per heavy atom. The number of phenolic OH excluding ortho intramolecular Hbond substituents is 1. The molecule has 2 fully saturated rings. The zero-order valence-electron chi connectivity index (χ0n) is 15.7. The summed E-state index contributed by atoms with van der Waals surface area (Å²) in [7, 11) is 0. The second-order valence-electron chi connectivity index (χ2n) is 6.68. The molecule has 0 saturated carbocycles. The second-order valence-corrected chi connectivity index (χ2v) is 7.53. The van der Waals surface area contributed by atoms with E-state index in [4.69, 9.17) is 9.47 Å². The number of morpholine rings is 1. The van der Waals surface area contributed by atoms with E-state index in [-0.39, 0.29) is 17.4 Å². The molecule has 0 atom stereocenters. The van der Waals surface area contributed by atoms with Crippen LogP contribution in [0.4, 0.5) is 10.5 Å². The number of carbonyl (C=O) groups excluding carboxylic acids is 3. The number of cyclic esters (lactones) is 1. The van der Waals surface area contributed by atoms with Crippen LogP contribution < -0.4 is 4.90 Å². The molecule has 0 spiro atoms. The Bertz CT molecular complexity index is 1040. The maximum Gasteiger partial charge on any atom is 0.427 e. The molecule has 1 N–H and O–H groups in total. The van der Waals surface area contributed by atoms with Crippen LogP contribution in [0.15, 0.2) is 52.7 Å². The van der Waals surface area contributed by atoms with Gasteiger partial charge in [-0.05, 0) is 64.0 Å². The highest BCUT2D eigenvalue weighted by Gasteiger charge is 2.37. The van der Waals surface area contributed by atoms with Gasteiger partial charge in [0.25, 0.3) is 5.91 Å². The lowest BCUT2D eigenvalue weighted by atomic mass is 10.1. The van der Waals surface area contributed by atoms with Crippen molar-refractivity contribution in [3.63, 3.8) is 0 Å². The van der Waals surface area contributed by atoms with Crippen molar-refractivity contribution in [3.8, 4) is 5.75 Å². The molecule has 2 aromatic rings. The van der Waals surface area contributed by atoms with Crippen LogP contribution >= 0.6 is 15.9 Å². The van der Waals surface area contributed by atoms with E-state index in [1.165, 1.54) is 24.3 Å². The van der Waals surface area contributed by atoms with Crippen molar-refractivity contribution in [1.82, 2.24) is 4.90 Å². The van der Waals surface area contributed by atoms with Crippen molar-refractivity contribution in [1.29, 1.82) is 0 Å². The van der Waals surface area contributed by atoms with E-state index >= 15 is 0 Å². The highest BCUT2D eigenvalue weighted by atomic mass is 79.9. The topological polar surface area (TPSA) is 96.4 Å². The summed E-state index contributed by atoms with van der Waals surface area (Å²) < 4.78 is 10.8. The summed E-state index contributed by atoms with van der Waals surface area (Å²) in [5, 5.41) is 9.57. The minimum absolute atomic E-state index is 0.0558. The number of aromatic hydroxyl groups is 1. The molecule has 2 saturated heterocycles. The number of rotatable bonds is 3. The van der Waals surface area contributed by atoms with Crippen molar-refractivity contribution >= 4 is 45.6 Å². The monoisotopic (exact) mass is 472 g/mol. The Morgan fingerprint density at radius 3 is 2.43 bits per heavy atom. The lowest BCUT2D eigenvalue weighted by Gasteiger charge is -2.27. The van der Waals surface area contributed by atoms with Gasteiger partial charge in [-0.1, -0.05) is 6.07 Å². The Morgan fingerprint density at radius 2 is 1.77 bits per heavy atom. The predicted octanol–water partition coefficient (Wildman–Crippen LogP) is 3.15. The zero-order valence-corrected chi connectivity index (χ0v) is 17.3. The second kappa shape index (κ2) is 8.29. The van der Waals surface area contributed by atoms with E-state index < -0.39 is 12.0 Å². The van der Waals surface area contributed by atoms with E-state index in [1.54, 1.807) is 29.2 Å². The molecule has 0 bridgehead atoms. The van der Waals surface area contributed by atoms with Crippen LogP contribution in [0, 0.1) is 0 Å². The van der Waals surface area contributed by atoms with Gasteiger partial charge in [0, 0.05) is 18.7 Å². The van der Waals surface area contributed by atoms with Crippen LogP contribution in [0.25, 0.3) is 6.08 Å². The molecule has 9 heteroatoms. The van der Waals surface area contributed by atoms with Gasteiger partial charge in [0.15, 0.2) is 5.76 Å². The molecule has 3 amide bonds. The van der Waals surface area contributed by atoms with Gasteiger partial charge in [0.05, 0.1) is 23.4 Å². The van der Waals surface area contributed by atoms with Crippen LogP contribution in [-0.2, 0) is 14.3 Å². The zero-order chi connectivity index (χ0) is 21.3. The van der Waals surface area contributed by atoms with Crippen molar-refractivity contribution in [2.24, 2.45) is 0 Å². The minimum atomic E-state index is -0.823. The maximum atomic E-state index is 12.7. The number of hydrogen-bond acceptors (Lipinski definition) is 6. The van der Waals surface area contributed by atoms with Crippen LogP contribution in [0.5, 0.6) is 5.75 Å². The van der Waals surface area contributed by atoms with Gasteiger partial charge in [0.2, 0.25) is 0 Å². The molecule has 2 heterocycles. The number of nitrogens with zero attached hydrogens (tertiary/aromatic N) is 2. The summed E-state index contributed by atoms with van der Waals surface area (Å²) in [6.07, 6.45) is 0.595. The average Bonchev–Trinajstić information content (AvgIpc) is 3.04. The molecule has 0 radical (unpaired) electrons. The third kappa shape index (κ3) is 3.94. The predicted molar refractivity (Wildman–Crippen MR) is 111 cm³/mol. The first-order valence-corrected chi connectivity index (χ1v) is 9.97. The molecule has 0 aliphatic carbocycles. The number of imide groups is 1. The standard InChI is InChI=1S/C21H17BrN2O6/c22-16-11-13(1-6-17(16)25)12-18-20(27)24(21(28)30-18)15-4-2-14(3-5-15)19(26)23-7-9-29-10-8-23/h1-6,11-12,25H,7-10H2/b18-12-. The fourth-order valence-corrected chi connectivity index (χ4v) is 3.55. The molecule has 2 aliphatic rings. The smallest absolute Gasteiger partial charge is 0.427 e. The fraction of sp³-hybridized carbons (Fsp3) is 0.190. The number of halogens is 1. The van der Waals surface area contributed by atoms with E-state index in [1.807, 2.05) is 0 Å². The van der Waals surface area contributed by atoms with Crippen molar-refractivity contribution in [3.05, 3.63) is 63.8 Å². The third-order valence-corrected chi connectivity index (χ3v) is 5.37. The van der Waals surface area contributed by atoms with Gasteiger partial charge in [-0.2, -0.15) is 0 Å². The van der Waals surface area contributed by atoms with Crippen molar-refractivity contribution in [2.75, 3.05) is 31.2 Å². The van der Waals surface area contributed by atoms with Gasteiger partial charge in [-0.3, -0.25) is 9.59 Å². The highest BCUT2D eigenvalue weighted by Crippen LogP contribution is 2.29. The molecule has 30 heavy (non-hydrogen) atoms. The first-order chi connectivity index (χ1) is 14.4. The SMILES string of the molecule is O=C(c1ccc(N2C(=O)O/C(=C\c3ccc(O)c(Br)c3)C2=O)cc1)N1CCOCC1. The van der Waals surface area contributed by atoms with E-state index in [0.717, 1.165) is 4.90 Å². The number of amides is 3. The molecule has 4 rings (SSSR count).